The minimum Gasteiger partial charge on any atom is -0.486 e. The van der Waals surface area contributed by atoms with Crippen molar-refractivity contribution in [2.24, 2.45) is 0 Å². The minimum absolute atomic E-state index is 0.00414. The predicted molar refractivity (Wildman–Crippen MR) is 94.3 cm³/mol. The van der Waals surface area contributed by atoms with Crippen molar-refractivity contribution in [3.63, 3.8) is 0 Å². The number of nitrogens with zero attached hydrogens (tertiary/aromatic N) is 2. The molecular weight excluding hydrogens is 342 g/mol. The molecule has 0 aliphatic heterocycles. The molecule has 2 heterocycles. The number of aromatic nitrogens is 2. The molecule has 4 rings (SSSR count). The van der Waals surface area contributed by atoms with Gasteiger partial charge >= 0.3 is 0 Å². The molecule has 25 heavy (non-hydrogen) atoms. The first-order valence-corrected chi connectivity index (χ1v) is 8.84. The molecule has 0 amide bonds. The van der Waals surface area contributed by atoms with E-state index in [-0.39, 0.29) is 17.9 Å². The second-order valence-corrected chi connectivity index (χ2v) is 7.03. The molecule has 8 heteroatoms. The van der Waals surface area contributed by atoms with E-state index in [1.165, 1.54) is 29.1 Å². The second-order valence-electron chi connectivity index (χ2n) is 5.94. The van der Waals surface area contributed by atoms with Crippen LogP contribution >= 0.6 is 11.3 Å². The number of nitro benzene ring substituents is 1. The van der Waals surface area contributed by atoms with Crippen LogP contribution in [-0.2, 0) is 19.4 Å². The molecule has 0 spiro atoms. The number of ether oxygens (including phenoxy) is 1. The Morgan fingerprint density at radius 2 is 2.00 bits per heavy atom. The molecule has 0 radical (unpaired) electrons. The number of H-pyrrole nitrogens is 1. The van der Waals surface area contributed by atoms with E-state index in [0.29, 0.717) is 11.6 Å². The lowest BCUT2D eigenvalue weighted by Crippen LogP contribution is -2.14. The number of thiophene rings is 1. The van der Waals surface area contributed by atoms with Crippen LogP contribution in [0.3, 0.4) is 0 Å². The molecular formula is C17H15N3O4S. The lowest BCUT2D eigenvalue weighted by atomic mass is 9.97. The zero-order valence-corrected chi connectivity index (χ0v) is 14.1. The maximum atomic E-state index is 12.4. The molecule has 1 aromatic carbocycles. The molecule has 1 aliphatic carbocycles. The van der Waals surface area contributed by atoms with E-state index >= 15 is 0 Å². The van der Waals surface area contributed by atoms with Crippen molar-refractivity contribution in [2.45, 2.75) is 32.3 Å². The quantitative estimate of drug-likeness (QED) is 0.570. The first-order chi connectivity index (χ1) is 12.1. The van der Waals surface area contributed by atoms with Crippen LogP contribution in [0.4, 0.5) is 5.69 Å². The molecule has 128 valence electrons. The number of aryl methyl sites for hydroxylation is 2. The summed E-state index contributed by atoms with van der Waals surface area (Å²) in [6.45, 7) is 0.103. The average Bonchev–Trinajstić information content (AvgIpc) is 2.99. The number of fused-ring (bicyclic) bond motifs is 3. The molecule has 1 aliphatic rings. The number of rotatable bonds is 4. The summed E-state index contributed by atoms with van der Waals surface area (Å²) in [5.74, 6) is 0.938. The first kappa shape index (κ1) is 15.8. The maximum Gasteiger partial charge on any atom is 0.269 e. The molecule has 3 aromatic rings. The molecule has 7 nitrogen and oxygen atoms in total. The van der Waals surface area contributed by atoms with E-state index in [1.54, 1.807) is 11.3 Å². The Morgan fingerprint density at radius 1 is 1.24 bits per heavy atom. The monoisotopic (exact) mass is 357 g/mol. The van der Waals surface area contributed by atoms with Crippen molar-refractivity contribution in [3.8, 4) is 5.75 Å². The topological polar surface area (TPSA) is 98.1 Å². The lowest BCUT2D eigenvalue weighted by molar-refractivity contribution is -0.384. The molecule has 0 fully saturated rings. The third kappa shape index (κ3) is 3.00. The van der Waals surface area contributed by atoms with E-state index in [0.717, 1.165) is 41.5 Å². The van der Waals surface area contributed by atoms with Crippen LogP contribution in [0.25, 0.3) is 10.2 Å². The molecule has 0 bridgehead atoms. The number of nitrogens with one attached hydrogen (secondary N) is 1. The predicted octanol–water partition coefficient (Wildman–Crippen LogP) is 3.35. The van der Waals surface area contributed by atoms with Crippen LogP contribution in [-0.4, -0.2) is 14.9 Å². The van der Waals surface area contributed by atoms with Crippen molar-refractivity contribution in [1.82, 2.24) is 9.97 Å². The summed E-state index contributed by atoms with van der Waals surface area (Å²) >= 11 is 1.59. The van der Waals surface area contributed by atoms with E-state index < -0.39 is 4.92 Å². The molecule has 0 atom stereocenters. The van der Waals surface area contributed by atoms with Crippen molar-refractivity contribution in [3.05, 3.63) is 61.0 Å². The highest BCUT2D eigenvalue weighted by Gasteiger charge is 2.19. The van der Waals surface area contributed by atoms with Crippen molar-refractivity contribution < 1.29 is 9.66 Å². The van der Waals surface area contributed by atoms with Gasteiger partial charge in [-0.15, -0.1) is 11.3 Å². The van der Waals surface area contributed by atoms with Crippen LogP contribution < -0.4 is 10.3 Å². The van der Waals surface area contributed by atoms with Gasteiger partial charge in [-0.1, -0.05) is 0 Å². The van der Waals surface area contributed by atoms with E-state index in [4.69, 9.17) is 4.74 Å². The molecule has 0 saturated heterocycles. The minimum atomic E-state index is -0.463. The Kier molecular flexibility index (Phi) is 3.96. The van der Waals surface area contributed by atoms with Gasteiger partial charge in [0.1, 0.15) is 23.0 Å². The largest absolute Gasteiger partial charge is 0.486 e. The third-order valence-corrected chi connectivity index (χ3v) is 5.48. The summed E-state index contributed by atoms with van der Waals surface area (Å²) in [4.78, 5) is 32.0. The third-order valence-electron chi connectivity index (χ3n) is 4.30. The highest BCUT2D eigenvalue weighted by molar-refractivity contribution is 7.18. The SMILES string of the molecule is O=c1[nH]c(COc2ccc([N+](=O)[O-])cc2)nc2sc3c(c12)CCCC3. The first-order valence-electron chi connectivity index (χ1n) is 8.02. The highest BCUT2D eigenvalue weighted by Crippen LogP contribution is 2.33. The standard InChI is InChI=1S/C17H15N3O4S/c21-16-15-12-3-1-2-4-13(12)25-17(15)19-14(18-16)9-24-11-7-5-10(6-8-11)20(22)23/h5-8H,1-4,9H2,(H,18,19,21). The number of non-ortho nitro benzene ring substituents is 1. The fraction of sp³-hybridized carbons (Fsp3) is 0.294. The second kappa shape index (κ2) is 6.29. The van der Waals surface area contributed by atoms with Gasteiger partial charge < -0.3 is 9.72 Å². The fourth-order valence-corrected chi connectivity index (χ4v) is 4.37. The van der Waals surface area contributed by atoms with E-state index in [9.17, 15) is 14.9 Å². The fourth-order valence-electron chi connectivity index (χ4n) is 3.09. The Labute approximate surface area is 146 Å². The Balaban J connectivity index is 1.57. The van der Waals surface area contributed by atoms with Gasteiger partial charge in [0.15, 0.2) is 0 Å². The number of hydrogen-bond acceptors (Lipinski definition) is 6. The normalized spacial score (nSPS) is 13.6. The maximum absolute atomic E-state index is 12.4. The average molecular weight is 357 g/mol. The van der Waals surface area contributed by atoms with Gasteiger partial charge in [0.2, 0.25) is 0 Å². The lowest BCUT2D eigenvalue weighted by Gasteiger charge is -2.09. The van der Waals surface area contributed by atoms with Crippen LogP contribution in [0.15, 0.2) is 29.1 Å². The Hall–Kier alpha value is -2.74. The number of nitro groups is 1. The summed E-state index contributed by atoms with van der Waals surface area (Å²) in [6, 6.07) is 5.81. The summed E-state index contributed by atoms with van der Waals surface area (Å²) in [5, 5.41) is 11.4. The van der Waals surface area contributed by atoms with Gasteiger partial charge in [-0.05, 0) is 43.4 Å². The highest BCUT2D eigenvalue weighted by atomic mass is 32.1. The summed E-state index contributed by atoms with van der Waals surface area (Å²) in [5.41, 5.74) is 1.04. The van der Waals surface area contributed by atoms with Gasteiger partial charge in [0.25, 0.3) is 11.2 Å². The van der Waals surface area contributed by atoms with Crippen molar-refractivity contribution in [1.29, 1.82) is 0 Å². The summed E-state index contributed by atoms with van der Waals surface area (Å²) in [6.07, 6.45) is 4.24. The van der Waals surface area contributed by atoms with E-state index in [1.807, 2.05) is 0 Å². The number of aromatic amines is 1. The summed E-state index contributed by atoms with van der Waals surface area (Å²) in [7, 11) is 0. The zero-order valence-electron chi connectivity index (χ0n) is 13.3. The van der Waals surface area contributed by atoms with Crippen LogP contribution in [0.1, 0.15) is 29.1 Å². The van der Waals surface area contributed by atoms with Gasteiger partial charge in [0, 0.05) is 17.0 Å². The Bertz CT molecular complexity index is 1010. The number of hydrogen-bond donors (Lipinski definition) is 1. The zero-order chi connectivity index (χ0) is 17.4. The smallest absolute Gasteiger partial charge is 0.269 e. The van der Waals surface area contributed by atoms with E-state index in [2.05, 4.69) is 9.97 Å². The molecule has 0 saturated carbocycles. The Morgan fingerprint density at radius 3 is 2.76 bits per heavy atom. The number of benzene rings is 1. The molecule has 0 unspecified atom stereocenters. The van der Waals surface area contributed by atoms with Crippen LogP contribution in [0, 0.1) is 10.1 Å². The summed E-state index contributed by atoms with van der Waals surface area (Å²) < 4.78 is 5.58. The van der Waals surface area contributed by atoms with Gasteiger partial charge in [-0.2, -0.15) is 0 Å². The van der Waals surface area contributed by atoms with Gasteiger partial charge in [-0.25, -0.2) is 4.98 Å². The van der Waals surface area contributed by atoms with Crippen LogP contribution in [0.2, 0.25) is 0 Å². The van der Waals surface area contributed by atoms with Gasteiger partial charge in [0.05, 0.1) is 10.3 Å². The molecule has 1 N–H and O–H groups in total. The molecule has 2 aromatic heterocycles. The van der Waals surface area contributed by atoms with Crippen molar-refractivity contribution in [2.75, 3.05) is 0 Å². The van der Waals surface area contributed by atoms with Gasteiger partial charge in [-0.3, -0.25) is 14.9 Å². The van der Waals surface area contributed by atoms with Crippen LogP contribution in [0.5, 0.6) is 5.75 Å². The van der Waals surface area contributed by atoms with Crippen molar-refractivity contribution >= 4 is 27.2 Å².